The summed E-state index contributed by atoms with van der Waals surface area (Å²) >= 11 is 0. The van der Waals surface area contributed by atoms with Crippen molar-refractivity contribution >= 4 is 40.0 Å². The number of halogens is 1. The molecule has 0 aromatic heterocycles. The molecule has 28 heavy (non-hydrogen) atoms. The largest absolute Gasteiger partial charge is 0.379 e. The molecule has 1 atom stereocenters. The number of benzene rings is 1. The van der Waals surface area contributed by atoms with Crippen molar-refractivity contribution in [1.29, 1.82) is 0 Å². The Morgan fingerprint density at radius 3 is 2.54 bits per heavy atom. The van der Waals surface area contributed by atoms with Crippen molar-refractivity contribution in [2.24, 2.45) is 16.0 Å². The van der Waals surface area contributed by atoms with Gasteiger partial charge in [0.05, 0.1) is 18.1 Å². The van der Waals surface area contributed by atoms with Gasteiger partial charge in [0.2, 0.25) is 10.0 Å². The van der Waals surface area contributed by atoms with E-state index < -0.39 is 10.0 Å². The van der Waals surface area contributed by atoms with Crippen LogP contribution in [0, 0.1) is 5.92 Å². The lowest BCUT2D eigenvalue weighted by atomic mass is 10.0. The van der Waals surface area contributed by atoms with Crippen molar-refractivity contribution in [3.8, 4) is 0 Å². The van der Waals surface area contributed by atoms with Crippen LogP contribution < -0.4 is 15.8 Å². The summed E-state index contributed by atoms with van der Waals surface area (Å²) in [7, 11) is -1.98. The fourth-order valence-electron chi connectivity index (χ4n) is 3.14. The zero-order valence-electron chi connectivity index (χ0n) is 16.7. The van der Waals surface area contributed by atoms with Crippen LogP contribution in [0.2, 0.25) is 0 Å². The molecule has 0 spiro atoms. The van der Waals surface area contributed by atoms with E-state index in [0.717, 1.165) is 38.4 Å². The number of ether oxygens (including phenoxy) is 1. The van der Waals surface area contributed by atoms with Gasteiger partial charge in [-0.2, -0.15) is 0 Å². The smallest absolute Gasteiger partial charge is 0.238 e. The molecule has 0 saturated carbocycles. The predicted octanol–water partition coefficient (Wildman–Crippen LogP) is 0.974. The van der Waals surface area contributed by atoms with Crippen molar-refractivity contribution in [3.63, 3.8) is 0 Å². The number of nitrogens with two attached hydrogens (primary N) is 1. The van der Waals surface area contributed by atoms with E-state index in [9.17, 15) is 8.42 Å². The molecule has 8 nitrogen and oxygen atoms in total. The first-order valence-corrected chi connectivity index (χ1v) is 10.7. The number of nitrogens with zero attached hydrogens (tertiary/aromatic N) is 2. The Balaban J connectivity index is 0.00000392. The quantitative estimate of drug-likeness (QED) is 0.278. The fourth-order valence-corrected chi connectivity index (χ4v) is 3.72. The number of hydrogen-bond donors (Lipinski definition) is 3. The predicted molar refractivity (Wildman–Crippen MR) is 122 cm³/mol. The molecular weight excluding hydrogens is 493 g/mol. The number of sulfonamides is 1. The molecule has 1 fully saturated rings. The molecule has 1 aliphatic heterocycles. The zero-order chi connectivity index (χ0) is 19.9. The molecule has 2 rings (SSSR count). The molecule has 0 aliphatic carbocycles. The van der Waals surface area contributed by atoms with Crippen molar-refractivity contribution < 1.29 is 13.2 Å². The molecule has 1 aromatic carbocycles. The second-order valence-electron chi connectivity index (χ2n) is 6.96. The minimum absolute atomic E-state index is 0. The van der Waals surface area contributed by atoms with Gasteiger partial charge >= 0.3 is 0 Å². The first kappa shape index (κ1) is 25.1. The van der Waals surface area contributed by atoms with E-state index in [1.807, 2.05) is 6.07 Å². The monoisotopic (exact) mass is 525 g/mol. The molecule has 1 aliphatic rings. The molecule has 1 aromatic rings. The minimum Gasteiger partial charge on any atom is -0.379 e. The molecule has 160 valence electrons. The Hall–Kier alpha value is -0.950. The van der Waals surface area contributed by atoms with Gasteiger partial charge in [0.25, 0.3) is 0 Å². The Kier molecular flexibility index (Phi) is 10.7. The highest BCUT2D eigenvalue weighted by molar-refractivity contribution is 14.0. The maximum absolute atomic E-state index is 11.5. The molecule has 1 heterocycles. The van der Waals surface area contributed by atoms with Crippen LogP contribution in [0.1, 0.15) is 19.4 Å². The number of aliphatic imine (C=N–C) groups is 1. The molecule has 0 amide bonds. The van der Waals surface area contributed by atoms with Gasteiger partial charge in [0.1, 0.15) is 0 Å². The van der Waals surface area contributed by atoms with E-state index >= 15 is 0 Å². The SMILES string of the molecule is CN=C(NCc1cccc(S(N)(=O)=O)c1)NCC(C(C)C)N1CCOCC1.I. The average molecular weight is 525 g/mol. The lowest BCUT2D eigenvalue weighted by Gasteiger charge is -2.37. The van der Waals surface area contributed by atoms with Gasteiger partial charge < -0.3 is 15.4 Å². The summed E-state index contributed by atoms with van der Waals surface area (Å²) < 4.78 is 28.4. The maximum Gasteiger partial charge on any atom is 0.238 e. The van der Waals surface area contributed by atoms with Gasteiger partial charge in [-0.3, -0.25) is 9.89 Å². The fraction of sp³-hybridized carbons (Fsp3) is 0.611. The Bertz CT molecular complexity index is 736. The summed E-state index contributed by atoms with van der Waals surface area (Å²) in [5, 5.41) is 11.8. The van der Waals surface area contributed by atoms with Crippen LogP contribution in [0.25, 0.3) is 0 Å². The van der Waals surface area contributed by atoms with E-state index in [0.29, 0.717) is 24.5 Å². The van der Waals surface area contributed by atoms with Gasteiger partial charge in [0, 0.05) is 39.3 Å². The molecule has 10 heteroatoms. The summed E-state index contributed by atoms with van der Waals surface area (Å²) in [6, 6.07) is 6.97. The van der Waals surface area contributed by atoms with E-state index in [1.54, 1.807) is 19.2 Å². The van der Waals surface area contributed by atoms with E-state index in [1.165, 1.54) is 6.07 Å². The second-order valence-corrected chi connectivity index (χ2v) is 8.52. The molecule has 0 radical (unpaired) electrons. The van der Waals surface area contributed by atoms with Crippen LogP contribution in [0.3, 0.4) is 0 Å². The van der Waals surface area contributed by atoms with E-state index in [-0.39, 0.29) is 28.9 Å². The Morgan fingerprint density at radius 1 is 1.29 bits per heavy atom. The summed E-state index contributed by atoms with van der Waals surface area (Å²) in [5.74, 6) is 1.18. The third-order valence-electron chi connectivity index (χ3n) is 4.67. The van der Waals surface area contributed by atoms with Crippen molar-refractivity contribution in [1.82, 2.24) is 15.5 Å². The first-order chi connectivity index (χ1) is 12.8. The Labute approximate surface area is 185 Å². The lowest BCUT2D eigenvalue weighted by molar-refractivity contribution is 0.00752. The van der Waals surface area contributed by atoms with Crippen LogP contribution in [0.5, 0.6) is 0 Å². The Morgan fingerprint density at radius 2 is 1.96 bits per heavy atom. The number of primary sulfonamides is 1. The summed E-state index contributed by atoms with van der Waals surface area (Å²) in [6.45, 7) is 9.09. The third-order valence-corrected chi connectivity index (χ3v) is 5.58. The van der Waals surface area contributed by atoms with Gasteiger partial charge in [-0.15, -0.1) is 24.0 Å². The normalized spacial score (nSPS) is 17.1. The lowest BCUT2D eigenvalue weighted by Crippen LogP contribution is -2.52. The third kappa shape index (κ3) is 7.82. The number of hydrogen-bond acceptors (Lipinski definition) is 5. The standard InChI is InChI=1S/C18H31N5O3S.HI/c1-14(2)17(23-7-9-26-10-8-23)13-22-18(20-3)21-12-15-5-4-6-16(11-15)27(19,24)25;/h4-6,11,14,17H,7-10,12-13H2,1-3H3,(H2,19,24,25)(H2,20,21,22);1H. The molecule has 4 N–H and O–H groups in total. The number of rotatable bonds is 7. The van der Waals surface area contributed by atoms with Crippen LogP contribution in [0.4, 0.5) is 0 Å². The van der Waals surface area contributed by atoms with Crippen molar-refractivity contribution in [2.75, 3.05) is 39.9 Å². The average Bonchev–Trinajstić information content (AvgIpc) is 2.64. The van der Waals surface area contributed by atoms with Crippen molar-refractivity contribution in [3.05, 3.63) is 29.8 Å². The van der Waals surface area contributed by atoms with Gasteiger partial charge in [-0.25, -0.2) is 13.6 Å². The van der Waals surface area contributed by atoms with Crippen LogP contribution in [-0.4, -0.2) is 65.2 Å². The van der Waals surface area contributed by atoms with E-state index in [4.69, 9.17) is 9.88 Å². The highest BCUT2D eigenvalue weighted by atomic mass is 127. The van der Waals surface area contributed by atoms with Gasteiger partial charge in [-0.05, 0) is 23.6 Å². The summed E-state index contributed by atoms with van der Waals surface area (Å²) in [5.41, 5.74) is 0.818. The molecule has 0 bridgehead atoms. The molecule has 1 unspecified atom stereocenters. The van der Waals surface area contributed by atoms with Crippen LogP contribution in [0.15, 0.2) is 34.2 Å². The zero-order valence-corrected chi connectivity index (χ0v) is 19.9. The number of morpholine rings is 1. The van der Waals surface area contributed by atoms with Crippen molar-refractivity contribution in [2.45, 2.75) is 31.3 Å². The highest BCUT2D eigenvalue weighted by Gasteiger charge is 2.23. The van der Waals surface area contributed by atoms with Gasteiger partial charge in [0.15, 0.2) is 5.96 Å². The second kappa shape index (κ2) is 11.9. The topological polar surface area (TPSA) is 109 Å². The first-order valence-electron chi connectivity index (χ1n) is 9.19. The molecular formula is C18H32IN5O3S. The van der Waals surface area contributed by atoms with Crippen LogP contribution >= 0.6 is 24.0 Å². The summed E-state index contributed by atoms with van der Waals surface area (Å²) in [6.07, 6.45) is 0. The maximum atomic E-state index is 11.5. The number of nitrogens with one attached hydrogen (secondary N) is 2. The van der Waals surface area contributed by atoms with E-state index in [2.05, 4.69) is 34.4 Å². The minimum atomic E-state index is -3.70. The summed E-state index contributed by atoms with van der Waals surface area (Å²) in [4.78, 5) is 6.82. The van der Waals surface area contributed by atoms with Gasteiger partial charge in [-0.1, -0.05) is 26.0 Å². The molecule has 1 saturated heterocycles. The number of guanidine groups is 1. The highest BCUT2D eigenvalue weighted by Crippen LogP contribution is 2.12. The van der Waals surface area contributed by atoms with Crippen LogP contribution in [-0.2, 0) is 21.3 Å².